The Hall–Kier alpha value is -1.88. The Balaban J connectivity index is 2.07. The molecule has 5 heteroatoms. The van der Waals surface area contributed by atoms with Crippen LogP contribution in [0, 0.1) is 5.92 Å². The summed E-state index contributed by atoms with van der Waals surface area (Å²) < 4.78 is 1.18. The number of thiophene rings is 1. The summed E-state index contributed by atoms with van der Waals surface area (Å²) in [5.74, 6) is -0.0692. The first kappa shape index (κ1) is 13.1. The van der Waals surface area contributed by atoms with Crippen molar-refractivity contribution in [2.75, 3.05) is 11.4 Å². The van der Waals surface area contributed by atoms with Gasteiger partial charge in [-0.15, -0.1) is 11.3 Å². The van der Waals surface area contributed by atoms with Gasteiger partial charge in [0.25, 0.3) is 0 Å². The molecule has 1 fully saturated rings. The molecule has 0 bridgehead atoms. The first-order chi connectivity index (χ1) is 9.58. The highest BCUT2D eigenvalue weighted by Crippen LogP contribution is 2.29. The zero-order valence-electron chi connectivity index (χ0n) is 11.4. The summed E-state index contributed by atoms with van der Waals surface area (Å²) in [5, 5.41) is 5.80. The van der Waals surface area contributed by atoms with Crippen LogP contribution >= 0.6 is 11.3 Å². The molecule has 0 spiro atoms. The van der Waals surface area contributed by atoms with Gasteiger partial charge in [-0.2, -0.15) is 0 Å². The second kappa shape index (κ2) is 4.90. The van der Waals surface area contributed by atoms with Gasteiger partial charge in [0, 0.05) is 10.4 Å². The normalized spacial score (nSPS) is 19.8. The van der Waals surface area contributed by atoms with Gasteiger partial charge in [0.1, 0.15) is 6.04 Å². The zero-order valence-corrected chi connectivity index (χ0v) is 12.2. The van der Waals surface area contributed by atoms with Crippen LogP contribution in [0.5, 0.6) is 0 Å². The first-order valence-electron chi connectivity index (χ1n) is 6.65. The van der Waals surface area contributed by atoms with E-state index in [0.717, 1.165) is 11.1 Å². The van der Waals surface area contributed by atoms with Crippen molar-refractivity contribution in [3.63, 3.8) is 0 Å². The van der Waals surface area contributed by atoms with E-state index in [1.807, 2.05) is 43.5 Å². The summed E-state index contributed by atoms with van der Waals surface area (Å²) in [6.45, 7) is 3.99. The van der Waals surface area contributed by atoms with Crippen LogP contribution in [-0.4, -0.2) is 24.4 Å². The fraction of sp³-hybridized carbons (Fsp3) is 0.333. The molecule has 1 N–H and O–H groups in total. The van der Waals surface area contributed by atoms with Crippen molar-refractivity contribution in [3.05, 3.63) is 29.6 Å². The number of rotatable bonds is 2. The first-order valence-corrected chi connectivity index (χ1v) is 7.53. The number of fused-ring (bicyclic) bond motifs is 1. The highest BCUT2D eigenvalue weighted by atomic mass is 32.1. The number of nitrogens with one attached hydrogen (secondary N) is 1. The molecule has 1 saturated heterocycles. The van der Waals surface area contributed by atoms with Crippen molar-refractivity contribution in [2.45, 2.75) is 19.9 Å². The van der Waals surface area contributed by atoms with E-state index in [1.54, 1.807) is 16.2 Å². The Bertz CT molecular complexity index is 677. The van der Waals surface area contributed by atoms with Gasteiger partial charge in [-0.1, -0.05) is 13.8 Å². The number of amides is 2. The van der Waals surface area contributed by atoms with E-state index in [-0.39, 0.29) is 24.3 Å². The fourth-order valence-corrected chi connectivity index (χ4v) is 3.41. The molecule has 0 saturated carbocycles. The number of hydrogen-bond donors (Lipinski definition) is 1. The van der Waals surface area contributed by atoms with Gasteiger partial charge in [0.2, 0.25) is 11.8 Å². The Morgan fingerprint density at radius 3 is 2.85 bits per heavy atom. The fourth-order valence-electron chi connectivity index (χ4n) is 2.63. The van der Waals surface area contributed by atoms with Crippen molar-refractivity contribution in [1.82, 2.24) is 5.32 Å². The molecular formula is C15H16N2O2S. The molecule has 4 nitrogen and oxygen atoms in total. The minimum atomic E-state index is -0.438. The number of piperazine rings is 1. The zero-order chi connectivity index (χ0) is 14.3. The lowest BCUT2D eigenvalue weighted by atomic mass is 9.98. The second-order valence-electron chi connectivity index (χ2n) is 5.31. The maximum Gasteiger partial charge on any atom is 0.247 e. The maximum absolute atomic E-state index is 12.2. The molecular weight excluding hydrogens is 272 g/mol. The molecule has 1 atom stereocenters. The minimum Gasteiger partial charge on any atom is -0.345 e. The van der Waals surface area contributed by atoms with Gasteiger partial charge in [-0.3, -0.25) is 14.5 Å². The third-order valence-electron chi connectivity index (χ3n) is 3.57. The number of carbonyl (C=O) groups excluding carboxylic acids is 2. The van der Waals surface area contributed by atoms with E-state index in [2.05, 4.69) is 5.32 Å². The number of hydrogen-bond acceptors (Lipinski definition) is 3. The summed E-state index contributed by atoms with van der Waals surface area (Å²) in [6.07, 6.45) is 0. The van der Waals surface area contributed by atoms with E-state index in [1.165, 1.54) is 4.70 Å². The lowest BCUT2D eigenvalue weighted by Gasteiger charge is -2.37. The van der Waals surface area contributed by atoms with Crippen molar-refractivity contribution in [3.8, 4) is 0 Å². The molecule has 1 aromatic carbocycles. The summed E-state index contributed by atoms with van der Waals surface area (Å²) in [4.78, 5) is 26.0. The number of benzene rings is 1. The Morgan fingerprint density at radius 2 is 2.10 bits per heavy atom. The lowest BCUT2D eigenvalue weighted by Crippen LogP contribution is -2.60. The van der Waals surface area contributed by atoms with Gasteiger partial charge in [-0.05, 0) is 40.9 Å². The van der Waals surface area contributed by atoms with Crippen molar-refractivity contribution >= 4 is 38.9 Å². The predicted molar refractivity (Wildman–Crippen MR) is 80.9 cm³/mol. The van der Waals surface area contributed by atoms with Crippen LogP contribution in [0.3, 0.4) is 0 Å². The van der Waals surface area contributed by atoms with Gasteiger partial charge < -0.3 is 5.32 Å². The van der Waals surface area contributed by atoms with Crippen LogP contribution in [-0.2, 0) is 9.59 Å². The molecule has 0 radical (unpaired) electrons. The van der Waals surface area contributed by atoms with Crippen LogP contribution in [0.4, 0.5) is 5.69 Å². The molecule has 104 valence electrons. The van der Waals surface area contributed by atoms with E-state index < -0.39 is 6.04 Å². The topological polar surface area (TPSA) is 49.4 Å². The quantitative estimate of drug-likeness (QED) is 0.922. The van der Waals surface area contributed by atoms with Gasteiger partial charge in [-0.25, -0.2) is 0 Å². The van der Waals surface area contributed by atoms with Crippen LogP contribution in [0.25, 0.3) is 10.1 Å². The SMILES string of the molecule is CC(C)C1C(=O)NCC(=O)N1c1ccc2sccc2c1. The standard InChI is InChI=1S/C15H16N2O2S/c1-9(2)14-15(19)16-8-13(18)17(14)11-3-4-12-10(7-11)5-6-20-12/h3-7,9,14H,8H2,1-2H3,(H,16,19). The highest BCUT2D eigenvalue weighted by molar-refractivity contribution is 7.17. The minimum absolute atomic E-state index is 0.0575. The maximum atomic E-state index is 12.2. The number of anilines is 1. The van der Waals surface area contributed by atoms with Crippen molar-refractivity contribution < 1.29 is 9.59 Å². The summed E-state index contributed by atoms with van der Waals surface area (Å²) >= 11 is 1.67. The average molecular weight is 288 g/mol. The molecule has 1 aromatic heterocycles. The van der Waals surface area contributed by atoms with Crippen molar-refractivity contribution in [1.29, 1.82) is 0 Å². The van der Waals surface area contributed by atoms with Gasteiger partial charge in [0.15, 0.2) is 0 Å². The largest absolute Gasteiger partial charge is 0.345 e. The van der Waals surface area contributed by atoms with E-state index in [0.29, 0.717) is 0 Å². The third kappa shape index (κ3) is 2.08. The van der Waals surface area contributed by atoms with Gasteiger partial charge >= 0.3 is 0 Å². The van der Waals surface area contributed by atoms with Crippen LogP contribution in [0.2, 0.25) is 0 Å². The van der Waals surface area contributed by atoms with Crippen LogP contribution < -0.4 is 10.2 Å². The smallest absolute Gasteiger partial charge is 0.247 e. The monoisotopic (exact) mass is 288 g/mol. The Kier molecular flexibility index (Phi) is 3.22. The molecule has 0 aliphatic carbocycles. The lowest BCUT2D eigenvalue weighted by molar-refractivity contribution is -0.131. The number of carbonyl (C=O) groups is 2. The molecule has 2 aromatic rings. The molecule has 2 amide bonds. The molecule has 3 rings (SSSR count). The van der Waals surface area contributed by atoms with Crippen molar-refractivity contribution in [2.24, 2.45) is 5.92 Å². The van der Waals surface area contributed by atoms with E-state index in [9.17, 15) is 9.59 Å². The van der Waals surface area contributed by atoms with Crippen LogP contribution in [0.1, 0.15) is 13.8 Å². The average Bonchev–Trinajstić information content (AvgIpc) is 2.87. The Morgan fingerprint density at radius 1 is 1.30 bits per heavy atom. The molecule has 2 heterocycles. The summed E-state index contributed by atoms with van der Waals surface area (Å²) in [6, 6.07) is 7.50. The van der Waals surface area contributed by atoms with E-state index >= 15 is 0 Å². The summed E-state index contributed by atoms with van der Waals surface area (Å²) in [5.41, 5.74) is 0.800. The molecule has 20 heavy (non-hydrogen) atoms. The van der Waals surface area contributed by atoms with E-state index in [4.69, 9.17) is 0 Å². The molecule has 1 aliphatic rings. The second-order valence-corrected chi connectivity index (χ2v) is 6.26. The van der Waals surface area contributed by atoms with Crippen LogP contribution in [0.15, 0.2) is 29.6 Å². The highest BCUT2D eigenvalue weighted by Gasteiger charge is 2.37. The summed E-state index contributed by atoms with van der Waals surface area (Å²) in [7, 11) is 0. The predicted octanol–water partition coefficient (Wildman–Crippen LogP) is 2.39. The third-order valence-corrected chi connectivity index (χ3v) is 4.47. The molecule has 1 unspecified atom stereocenters. The Labute approximate surface area is 121 Å². The van der Waals surface area contributed by atoms with Gasteiger partial charge in [0.05, 0.1) is 6.54 Å². The molecule has 1 aliphatic heterocycles. The number of nitrogens with zero attached hydrogens (tertiary/aromatic N) is 1.